The van der Waals surface area contributed by atoms with Gasteiger partial charge in [-0.05, 0) is 30.4 Å². The SMILES string of the molecule is CC(C)CC1CN(CC(C)C)C(=Nc2ccc([N+](=O)[O-])cc2)S1. The lowest BCUT2D eigenvalue weighted by molar-refractivity contribution is -0.384. The molecule has 5 nitrogen and oxygen atoms in total. The van der Waals surface area contributed by atoms with E-state index in [0.29, 0.717) is 17.1 Å². The number of hydrogen-bond donors (Lipinski definition) is 0. The molecule has 2 rings (SSSR count). The van der Waals surface area contributed by atoms with Crippen molar-refractivity contribution in [3.63, 3.8) is 0 Å². The molecule has 1 fully saturated rings. The van der Waals surface area contributed by atoms with E-state index < -0.39 is 0 Å². The second-order valence-corrected chi connectivity index (χ2v) is 8.10. The van der Waals surface area contributed by atoms with E-state index in [9.17, 15) is 10.1 Å². The third-order valence-corrected chi connectivity index (χ3v) is 4.81. The minimum absolute atomic E-state index is 0.102. The van der Waals surface area contributed by atoms with Gasteiger partial charge in [0.1, 0.15) is 0 Å². The Morgan fingerprint density at radius 2 is 1.91 bits per heavy atom. The van der Waals surface area contributed by atoms with Crippen molar-refractivity contribution in [3.8, 4) is 0 Å². The molecule has 1 unspecified atom stereocenters. The molecule has 0 radical (unpaired) electrons. The van der Waals surface area contributed by atoms with Crippen LogP contribution in [0.5, 0.6) is 0 Å². The third-order valence-electron chi connectivity index (χ3n) is 3.57. The van der Waals surface area contributed by atoms with Gasteiger partial charge in [0.25, 0.3) is 5.69 Å². The zero-order valence-electron chi connectivity index (χ0n) is 14.2. The number of hydrogen-bond acceptors (Lipinski definition) is 4. The lowest BCUT2D eigenvalue weighted by Gasteiger charge is -2.20. The van der Waals surface area contributed by atoms with Crippen LogP contribution in [0, 0.1) is 22.0 Å². The Bertz CT molecular complexity index is 570. The first-order chi connectivity index (χ1) is 10.8. The van der Waals surface area contributed by atoms with Crippen molar-refractivity contribution in [1.29, 1.82) is 0 Å². The minimum atomic E-state index is -0.384. The predicted molar refractivity (Wildman–Crippen MR) is 97.4 cm³/mol. The average Bonchev–Trinajstić information content (AvgIpc) is 2.79. The fourth-order valence-electron chi connectivity index (χ4n) is 2.68. The number of benzene rings is 1. The largest absolute Gasteiger partial charge is 0.350 e. The van der Waals surface area contributed by atoms with E-state index in [0.717, 1.165) is 23.9 Å². The van der Waals surface area contributed by atoms with E-state index in [4.69, 9.17) is 4.99 Å². The van der Waals surface area contributed by atoms with Gasteiger partial charge in [0.2, 0.25) is 0 Å². The van der Waals surface area contributed by atoms with Crippen LogP contribution in [0.2, 0.25) is 0 Å². The van der Waals surface area contributed by atoms with Gasteiger partial charge in [-0.3, -0.25) is 10.1 Å². The van der Waals surface area contributed by atoms with Gasteiger partial charge in [-0.25, -0.2) is 4.99 Å². The Kier molecular flexibility index (Phi) is 6.04. The zero-order chi connectivity index (χ0) is 17.0. The standard InChI is InChI=1S/C17H25N3O2S/c1-12(2)9-16-11-19(10-13(3)4)17(23-16)18-14-5-7-15(8-6-14)20(21)22/h5-8,12-13,16H,9-11H2,1-4H3. The summed E-state index contributed by atoms with van der Waals surface area (Å²) in [6.45, 7) is 11.0. The Morgan fingerprint density at radius 1 is 1.26 bits per heavy atom. The first kappa shape index (κ1) is 17.8. The lowest BCUT2D eigenvalue weighted by Crippen LogP contribution is -2.29. The van der Waals surface area contributed by atoms with Crippen molar-refractivity contribution in [3.05, 3.63) is 34.4 Å². The molecule has 1 aliphatic heterocycles. The highest BCUT2D eigenvalue weighted by Crippen LogP contribution is 2.32. The average molecular weight is 335 g/mol. The number of non-ortho nitro benzene ring substituents is 1. The number of nitro benzene ring substituents is 1. The van der Waals surface area contributed by atoms with Crippen molar-refractivity contribution in [2.24, 2.45) is 16.8 Å². The number of rotatable bonds is 6. The molecule has 0 saturated carbocycles. The molecule has 1 aliphatic rings. The van der Waals surface area contributed by atoms with Crippen LogP contribution >= 0.6 is 11.8 Å². The summed E-state index contributed by atoms with van der Waals surface area (Å²) in [6.07, 6.45) is 1.18. The summed E-state index contributed by atoms with van der Waals surface area (Å²) in [5, 5.41) is 12.3. The highest BCUT2D eigenvalue weighted by atomic mass is 32.2. The lowest BCUT2D eigenvalue weighted by atomic mass is 10.1. The van der Waals surface area contributed by atoms with E-state index in [1.54, 1.807) is 12.1 Å². The topological polar surface area (TPSA) is 58.7 Å². The Hall–Kier alpha value is -1.56. The summed E-state index contributed by atoms with van der Waals surface area (Å²) in [6, 6.07) is 6.46. The molecule has 126 valence electrons. The number of amidine groups is 1. The van der Waals surface area contributed by atoms with Crippen molar-refractivity contribution in [2.45, 2.75) is 39.4 Å². The summed E-state index contributed by atoms with van der Waals surface area (Å²) in [5.41, 5.74) is 0.877. The molecule has 0 aromatic heterocycles. The Balaban J connectivity index is 2.16. The summed E-state index contributed by atoms with van der Waals surface area (Å²) in [5.74, 6) is 1.25. The van der Waals surface area contributed by atoms with Crippen LogP contribution in [0.4, 0.5) is 11.4 Å². The summed E-state index contributed by atoms with van der Waals surface area (Å²) < 4.78 is 0. The monoisotopic (exact) mass is 335 g/mol. The van der Waals surface area contributed by atoms with Crippen LogP contribution in [0.15, 0.2) is 29.3 Å². The first-order valence-corrected chi connectivity index (χ1v) is 8.98. The van der Waals surface area contributed by atoms with Crippen molar-refractivity contribution >= 4 is 28.3 Å². The van der Waals surface area contributed by atoms with Gasteiger partial charge in [-0.15, -0.1) is 0 Å². The molecule has 1 aromatic rings. The van der Waals surface area contributed by atoms with Gasteiger partial charge >= 0.3 is 0 Å². The van der Waals surface area contributed by atoms with Gasteiger partial charge < -0.3 is 4.90 Å². The molecule has 1 atom stereocenters. The fraction of sp³-hybridized carbons (Fsp3) is 0.588. The molecule has 1 aromatic carbocycles. The second kappa shape index (κ2) is 7.81. The van der Waals surface area contributed by atoms with E-state index in [-0.39, 0.29) is 10.6 Å². The van der Waals surface area contributed by atoms with Crippen LogP contribution in [0.3, 0.4) is 0 Å². The van der Waals surface area contributed by atoms with E-state index >= 15 is 0 Å². The molecular formula is C17H25N3O2S. The van der Waals surface area contributed by atoms with E-state index in [2.05, 4.69) is 32.6 Å². The van der Waals surface area contributed by atoms with Crippen LogP contribution in [-0.4, -0.2) is 33.3 Å². The number of aliphatic imine (C=N–C) groups is 1. The van der Waals surface area contributed by atoms with Crippen LogP contribution in [-0.2, 0) is 0 Å². The molecule has 0 bridgehead atoms. The highest BCUT2D eigenvalue weighted by molar-refractivity contribution is 8.14. The summed E-state index contributed by atoms with van der Waals surface area (Å²) in [4.78, 5) is 17.4. The van der Waals surface area contributed by atoms with Crippen molar-refractivity contribution in [1.82, 2.24) is 4.90 Å². The number of nitrogens with zero attached hydrogens (tertiary/aromatic N) is 3. The van der Waals surface area contributed by atoms with Crippen LogP contribution in [0.1, 0.15) is 34.1 Å². The Morgan fingerprint density at radius 3 is 2.43 bits per heavy atom. The Labute approximate surface area is 142 Å². The summed E-state index contributed by atoms with van der Waals surface area (Å²) in [7, 11) is 0. The van der Waals surface area contributed by atoms with E-state index in [1.807, 2.05) is 11.8 Å². The van der Waals surface area contributed by atoms with Crippen LogP contribution < -0.4 is 0 Å². The second-order valence-electron chi connectivity index (χ2n) is 6.84. The maximum absolute atomic E-state index is 10.7. The number of thioether (sulfide) groups is 1. The van der Waals surface area contributed by atoms with Gasteiger partial charge in [0, 0.05) is 30.5 Å². The van der Waals surface area contributed by atoms with Gasteiger partial charge in [-0.2, -0.15) is 0 Å². The van der Waals surface area contributed by atoms with Gasteiger partial charge in [-0.1, -0.05) is 39.5 Å². The first-order valence-electron chi connectivity index (χ1n) is 8.10. The van der Waals surface area contributed by atoms with Gasteiger partial charge in [0.05, 0.1) is 10.6 Å². The highest BCUT2D eigenvalue weighted by Gasteiger charge is 2.29. The molecule has 6 heteroatoms. The van der Waals surface area contributed by atoms with E-state index in [1.165, 1.54) is 18.6 Å². The molecular weight excluding hydrogens is 310 g/mol. The normalized spacial score (nSPS) is 20.0. The molecule has 1 heterocycles. The summed E-state index contributed by atoms with van der Waals surface area (Å²) >= 11 is 1.84. The third kappa shape index (κ3) is 5.23. The maximum Gasteiger partial charge on any atom is 0.269 e. The molecule has 0 amide bonds. The quantitative estimate of drug-likeness (QED) is 0.558. The smallest absolute Gasteiger partial charge is 0.269 e. The molecule has 23 heavy (non-hydrogen) atoms. The fourth-order valence-corrected chi connectivity index (χ4v) is 4.17. The van der Waals surface area contributed by atoms with Gasteiger partial charge in [0.15, 0.2) is 5.17 Å². The zero-order valence-corrected chi connectivity index (χ0v) is 15.0. The predicted octanol–water partition coefficient (Wildman–Crippen LogP) is 4.70. The van der Waals surface area contributed by atoms with Crippen molar-refractivity contribution < 1.29 is 4.92 Å². The molecule has 0 N–H and O–H groups in total. The van der Waals surface area contributed by atoms with Crippen LogP contribution in [0.25, 0.3) is 0 Å². The number of nitro groups is 1. The van der Waals surface area contributed by atoms with Crippen molar-refractivity contribution in [2.75, 3.05) is 13.1 Å². The minimum Gasteiger partial charge on any atom is -0.350 e. The molecule has 0 spiro atoms. The maximum atomic E-state index is 10.7. The molecule has 0 aliphatic carbocycles. The molecule has 1 saturated heterocycles.